The minimum atomic E-state index is -1.44. The van der Waals surface area contributed by atoms with E-state index >= 15 is 0 Å². The molecule has 1 aromatic carbocycles. The van der Waals surface area contributed by atoms with Crippen molar-refractivity contribution in [1.82, 2.24) is 0 Å². The number of amides is 1. The third-order valence-corrected chi connectivity index (χ3v) is 2.72. The van der Waals surface area contributed by atoms with Crippen molar-refractivity contribution in [1.29, 1.82) is 10.5 Å². The number of rotatable bonds is 1. The molecule has 0 bridgehead atoms. The number of carboxylic acid groups (broad SMARTS) is 1. The van der Waals surface area contributed by atoms with Crippen molar-refractivity contribution in [2.45, 2.75) is 6.42 Å². The van der Waals surface area contributed by atoms with Crippen molar-refractivity contribution < 1.29 is 14.6 Å². The SMILES string of the molecule is N#CC1=C(c2ccccc2)OC(=NC(=O)O)C(C#N)C1. The number of carbonyl (C=O) groups is 1. The lowest BCUT2D eigenvalue weighted by molar-refractivity contribution is 0.204. The van der Waals surface area contributed by atoms with E-state index in [-0.39, 0.29) is 18.1 Å². The van der Waals surface area contributed by atoms with Crippen LogP contribution >= 0.6 is 0 Å². The summed E-state index contributed by atoms with van der Waals surface area (Å²) in [6, 6.07) is 12.7. The van der Waals surface area contributed by atoms with E-state index in [0.29, 0.717) is 11.1 Å². The molecule has 1 aliphatic rings. The Bertz CT molecular complexity index is 678. The molecule has 98 valence electrons. The lowest BCUT2D eigenvalue weighted by Gasteiger charge is -2.22. The average molecular weight is 267 g/mol. The molecule has 6 nitrogen and oxygen atoms in total. The van der Waals surface area contributed by atoms with Crippen molar-refractivity contribution >= 4 is 17.8 Å². The Hall–Kier alpha value is -3.12. The molecule has 0 aromatic heterocycles. The van der Waals surface area contributed by atoms with Gasteiger partial charge in [-0.05, 0) is 0 Å². The predicted molar refractivity (Wildman–Crippen MR) is 69.2 cm³/mol. The number of hydrogen-bond acceptors (Lipinski definition) is 4. The Morgan fingerprint density at radius 3 is 2.60 bits per heavy atom. The molecule has 0 spiro atoms. The van der Waals surface area contributed by atoms with E-state index in [1.54, 1.807) is 24.3 Å². The third-order valence-electron chi connectivity index (χ3n) is 2.72. The molecule has 1 aromatic rings. The van der Waals surface area contributed by atoms with Crippen LogP contribution in [0.25, 0.3) is 5.76 Å². The zero-order valence-corrected chi connectivity index (χ0v) is 10.3. The van der Waals surface area contributed by atoms with Crippen LogP contribution in [0.4, 0.5) is 4.79 Å². The molecule has 20 heavy (non-hydrogen) atoms. The molecule has 0 saturated heterocycles. The van der Waals surface area contributed by atoms with Gasteiger partial charge in [0.1, 0.15) is 11.7 Å². The van der Waals surface area contributed by atoms with Gasteiger partial charge in [-0.3, -0.25) is 0 Å². The minimum Gasteiger partial charge on any atom is -0.463 e. The maximum atomic E-state index is 10.7. The van der Waals surface area contributed by atoms with Gasteiger partial charge >= 0.3 is 6.09 Å². The summed E-state index contributed by atoms with van der Waals surface area (Å²) in [6.45, 7) is 0. The molecule has 1 amide bonds. The van der Waals surface area contributed by atoms with Gasteiger partial charge in [-0.1, -0.05) is 30.3 Å². The predicted octanol–water partition coefficient (Wildman–Crippen LogP) is 2.56. The van der Waals surface area contributed by atoms with E-state index in [2.05, 4.69) is 4.99 Å². The number of ether oxygens (including phenoxy) is 1. The molecule has 6 heteroatoms. The number of nitrogens with zero attached hydrogens (tertiary/aromatic N) is 3. The highest BCUT2D eigenvalue weighted by Gasteiger charge is 2.30. The molecule has 1 unspecified atom stereocenters. The largest absolute Gasteiger partial charge is 0.463 e. The maximum absolute atomic E-state index is 10.7. The first kappa shape index (κ1) is 13.3. The summed E-state index contributed by atoms with van der Waals surface area (Å²) in [5, 5.41) is 26.9. The van der Waals surface area contributed by atoms with Gasteiger partial charge < -0.3 is 9.84 Å². The van der Waals surface area contributed by atoms with Crippen LogP contribution in [0.15, 0.2) is 40.9 Å². The van der Waals surface area contributed by atoms with Crippen LogP contribution in [0.2, 0.25) is 0 Å². The maximum Gasteiger partial charge on any atom is 0.434 e. The van der Waals surface area contributed by atoms with Gasteiger partial charge in [-0.25, -0.2) is 4.79 Å². The first-order valence-electron chi connectivity index (χ1n) is 5.73. The summed E-state index contributed by atoms with van der Waals surface area (Å²) in [4.78, 5) is 13.9. The number of nitriles is 2. The first-order valence-corrected chi connectivity index (χ1v) is 5.73. The Balaban J connectivity index is 2.50. The zero-order chi connectivity index (χ0) is 14.5. The molecule has 0 saturated carbocycles. The van der Waals surface area contributed by atoms with Gasteiger partial charge in [-0.2, -0.15) is 10.5 Å². The Morgan fingerprint density at radius 2 is 2.05 bits per heavy atom. The van der Waals surface area contributed by atoms with Gasteiger partial charge in [-0.15, -0.1) is 4.99 Å². The van der Waals surface area contributed by atoms with Crippen LogP contribution in [0.5, 0.6) is 0 Å². The molecule has 1 heterocycles. The molecule has 1 atom stereocenters. The third kappa shape index (κ3) is 2.65. The van der Waals surface area contributed by atoms with Crippen LogP contribution in [0.1, 0.15) is 12.0 Å². The van der Waals surface area contributed by atoms with E-state index in [4.69, 9.17) is 20.4 Å². The average Bonchev–Trinajstić information content (AvgIpc) is 2.47. The zero-order valence-electron chi connectivity index (χ0n) is 10.3. The molecular weight excluding hydrogens is 258 g/mol. The summed E-state index contributed by atoms with van der Waals surface area (Å²) in [5.74, 6) is -0.814. The highest BCUT2D eigenvalue weighted by molar-refractivity contribution is 5.95. The number of allylic oxidation sites excluding steroid dienone is 1. The van der Waals surface area contributed by atoms with Crippen LogP contribution in [-0.2, 0) is 4.74 Å². The standard InChI is InChI=1S/C14H9N3O3/c15-7-10-6-11(8-16)13(17-14(18)19)20-12(10)9-4-2-1-3-5-9/h1-5,11H,6H2,(H,18,19). The summed E-state index contributed by atoms with van der Waals surface area (Å²) in [6.07, 6.45) is -1.35. The van der Waals surface area contributed by atoms with Crippen molar-refractivity contribution in [3.05, 3.63) is 41.5 Å². The molecular formula is C14H9N3O3. The fourth-order valence-corrected chi connectivity index (χ4v) is 1.84. The van der Waals surface area contributed by atoms with Gasteiger partial charge in [0, 0.05) is 12.0 Å². The molecule has 2 rings (SSSR count). The summed E-state index contributed by atoms with van der Waals surface area (Å²) < 4.78 is 5.39. The van der Waals surface area contributed by atoms with E-state index in [1.807, 2.05) is 18.2 Å². The summed E-state index contributed by atoms with van der Waals surface area (Å²) >= 11 is 0. The van der Waals surface area contributed by atoms with Gasteiger partial charge in [0.05, 0.1) is 17.7 Å². The summed E-state index contributed by atoms with van der Waals surface area (Å²) in [7, 11) is 0. The van der Waals surface area contributed by atoms with Crippen molar-refractivity contribution in [2.24, 2.45) is 10.9 Å². The van der Waals surface area contributed by atoms with E-state index in [0.717, 1.165) is 0 Å². The Morgan fingerprint density at radius 1 is 1.35 bits per heavy atom. The minimum absolute atomic E-state index is 0.0866. The van der Waals surface area contributed by atoms with Crippen molar-refractivity contribution in [3.63, 3.8) is 0 Å². The van der Waals surface area contributed by atoms with E-state index in [1.165, 1.54) is 0 Å². The second-order valence-electron chi connectivity index (χ2n) is 4.01. The summed E-state index contributed by atoms with van der Waals surface area (Å²) in [5.41, 5.74) is 0.936. The molecule has 1 N–H and O–H groups in total. The highest BCUT2D eigenvalue weighted by atomic mass is 16.5. The van der Waals surface area contributed by atoms with Crippen LogP contribution in [-0.4, -0.2) is 17.1 Å². The number of benzene rings is 1. The molecule has 1 aliphatic heterocycles. The molecule has 0 radical (unpaired) electrons. The monoisotopic (exact) mass is 267 g/mol. The highest BCUT2D eigenvalue weighted by Crippen LogP contribution is 2.31. The van der Waals surface area contributed by atoms with Gasteiger partial charge in [0.25, 0.3) is 0 Å². The van der Waals surface area contributed by atoms with Crippen LogP contribution in [0.3, 0.4) is 0 Å². The second kappa shape index (κ2) is 5.68. The number of aliphatic imine (C=N–C) groups is 1. The molecule has 0 aliphatic carbocycles. The van der Waals surface area contributed by atoms with E-state index < -0.39 is 12.0 Å². The second-order valence-corrected chi connectivity index (χ2v) is 4.01. The van der Waals surface area contributed by atoms with Crippen LogP contribution < -0.4 is 0 Å². The lowest BCUT2D eigenvalue weighted by Crippen LogP contribution is -2.23. The van der Waals surface area contributed by atoms with Gasteiger partial charge in [0.15, 0.2) is 0 Å². The first-order chi connectivity index (χ1) is 9.65. The number of hydrogen-bond donors (Lipinski definition) is 1. The van der Waals surface area contributed by atoms with Gasteiger partial charge in [0.2, 0.25) is 5.90 Å². The fraction of sp³-hybridized carbons (Fsp3) is 0.143. The quantitative estimate of drug-likeness (QED) is 0.841. The topological polar surface area (TPSA) is 106 Å². The smallest absolute Gasteiger partial charge is 0.434 e. The Labute approximate surface area is 114 Å². The van der Waals surface area contributed by atoms with Crippen molar-refractivity contribution in [3.8, 4) is 12.1 Å². The fourth-order valence-electron chi connectivity index (χ4n) is 1.84. The molecule has 0 fully saturated rings. The van der Waals surface area contributed by atoms with E-state index in [9.17, 15) is 4.79 Å². The Kier molecular flexibility index (Phi) is 3.78. The normalized spacial score (nSPS) is 19.9. The van der Waals surface area contributed by atoms with Crippen LogP contribution in [0, 0.1) is 28.6 Å². The van der Waals surface area contributed by atoms with Crippen molar-refractivity contribution in [2.75, 3.05) is 0 Å². The lowest BCUT2D eigenvalue weighted by atomic mass is 9.95.